The van der Waals surface area contributed by atoms with Gasteiger partial charge < -0.3 is 5.73 Å². The van der Waals surface area contributed by atoms with E-state index in [1.165, 1.54) is 11.3 Å². The fraction of sp³-hybridized carbons (Fsp3) is 0.375. The van der Waals surface area contributed by atoms with Gasteiger partial charge in [0.05, 0.1) is 5.01 Å². The minimum atomic E-state index is -3.61. The molecule has 2 heterocycles. The largest absolute Gasteiger partial charge is 0.374 e. The van der Waals surface area contributed by atoms with Crippen molar-refractivity contribution >= 4 is 37.8 Å². The van der Waals surface area contributed by atoms with E-state index in [4.69, 9.17) is 5.73 Å². The lowest BCUT2D eigenvalue weighted by Crippen LogP contribution is -2.25. The van der Waals surface area contributed by atoms with Crippen LogP contribution in [0.1, 0.15) is 10.7 Å². The first-order valence-electron chi connectivity index (χ1n) is 4.97. The molecule has 0 saturated carbocycles. The number of anilines is 1. The van der Waals surface area contributed by atoms with Crippen LogP contribution < -0.4 is 10.5 Å². The number of rotatable bonds is 5. The normalized spacial score (nSPS) is 11.8. The predicted octanol–water partition coefficient (Wildman–Crippen LogP) is 0.406. The number of thiazole rings is 1. The first-order valence-corrected chi connectivity index (χ1v) is 8.15. The second-order valence-corrected chi connectivity index (χ2v) is 7.33. The van der Waals surface area contributed by atoms with E-state index in [2.05, 4.69) is 19.9 Å². The maximum Gasteiger partial charge on any atom is 0.269 e. The van der Waals surface area contributed by atoms with E-state index in [1.54, 1.807) is 0 Å². The van der Waals surface area contributed by atoms with Gasteiger partial charge in [0, 0.05) is 24.0 Å². The van der Waals surface area contributed by atoms with E-state index < -0.39 is 10.0 Å². The molecule has 7 nitrogen and oxygen atoms in total. The molecule has 0 spiro atoms. The van der Waals surface area contributed by atoms with Crippen LogP contribution in [0, 0.1) is 6.92 Å². The highest BCUT2D eigenvalue weighted by Gasteiger charge is 2.18. The van der Waals surface area contributed by atoms with Crippen LogP contribution in [-0.4, -0.2) is 30.1 Å². The van der Waals surface area contributed by atoms with Gasteiger partial charge in [0.2, 0.25) is 9.47 Å². The average molecular weight is 305 g/mol. The van der Waals surface area contributed by atoms with Crippen molar-refractivity contribution in [1.29, 1.82) is 0 Å². The van der Waals surface area contributed by atoms with Gasteiger partial charge in [-0.05, 0) is 6.92 Å². The van der Waals surface area contributed by atoms with Crippen molar-refractivity contribution in [3.63, 3.8) is 0 Å². The molecule has 0 saturated heterocycles. The topological polar surface area (TPSA) is 111 Å². The predicted molar refractivity (Wildman–Crippen MR) is 70.1 cm³/mol. The number of nitrogens with zero attached hydrogens (tertiary/aromatic N) is 3. The molecule has 0 aliphatic heterocycles. The molecule has 0 bridgehead atoms. The summed E-state index contributed by atoms with van der Waals surface area (Å²) in [5, 5.41) is 9.92. The zero-order valence-electron chi connectivity index (χ0n) is 9.45. The number of nitrogens with one attached hydrogen (secondary N) is 1. The Hall–Kier alpha value is -1.10. The molecule has 2 rings (SSSR count). The van der Waals surface area contributed by atoms with Gasteiger partial charge in [-0.1, -0.05) is 11.3 Å². The lowest BCUT2D eigenvalue weighted by atomic mass is 10.4. The first kappa shape index (κ1) is 13.3. The number of hydrogen-bond acceptors (Lipinski definition) is 8. The van der Waals surface area contributed by atoms with Crippen molar-refractivity contribution in [2.45, 2.75) is 17.7 Å². The second kappa shape index (κ2) is 5.26. The van der Waals surface area contributed by atoms with E-state index in [9.17, 15) is 8.42 Å². The van der Waals surface area contributed by atoms with Gasteiger partial charge in [-0.15, -0.1) is 21.5 Å². The van der Waals surface area contributed by atoms with Crippen LogP contribution in [0.25, 0.3) is 0 Å². The smallest absolute Gasteiger partial charge is 0.269 e. The highest BCUT2D eigenvalue weighted by atomic mass is 32.2. The van der Waals surface area contributed by atoms with Gasteiger partial charge in [0.15, 0.2) is 0 Å². The first-order chi connectivity index (χ1) is 8.47. The molecule has 2 aromatic rings. The number of hydrogen-bond donors (Lipinski definition) is 2. The monoisotopic (exact) mass is 305 g/mol. The molecule has 0 atom stereocenters. The summed E-state index contributed by atoms with van der Waals surface area (Å²) >= 11 is 2.35. The second-order valence-electron chi connectivity index (χ2n) is 3.44. The Morgan fingerprint density at radius 2 is 2.22 bits per heavy atom. The van der Waals surface area contributed by atoms with Crippen LogP contribution in [0.2, 0.25) is 0 Å². The van der Waals surface area contributed by atoms with Crippen LogP contribution in [0.4, 0.5) is 5.13 Å². The molecule has 0 aliphatic rings. The molecule has 0 aromatic carbocycles. The third-order valence-electron chi connectivity index (χ3n) is 1.95. The lowest BCUT2D eigenvalue weighted by molar-refractivity contribution is 0.579. The number of aryl methyl sites for hydroxylation is 1. The van der Waals surface area contributed by atoms with Crippen molar-refractivity contribution in [2.75, 3.05) is 12.3 Å². The SMILES string of the molecule is Cc1csc(CCNS(=O)(=O)c2nnc(N)s2)n1. The van der Waals surface area contributed by atoms with Crippen LogP contribution >= 0.6 is 22.7 Å². The molecular weight excluding hydrogens is 294 g/mol. The summed E-state index contributed by atoms with van der Waals surface area (Å²) in [5.41, 5.74) is 6.28. The summed E-state index contributed by atoms with van der Waals surface area (Å²) in [6, 6.07) is 0. The van der Waals surface area contributed by atoms with Crippen LogP contribution in [0.15, 0.2) is 9.72 Å². The Labute approximate surface area is 112 Å². The molecule has 0 radical (unpaired) electrons. The Balaban J connectivity index is 1.93. The van der Waals surface area contributed by atoms with Crippen molar-refractivity contribution in [2.24, 2.45) is 0 Å². The van der Waals surface area contributed by atoms with Gasteiger partial charge in [-0.3, -0.25) is 0 Å². The van der Waals surface area contributed by atoms with Gasteiger partial charge in [-0.2, -0.15) is 0 Å². The van der Waals surface area contributed by atoms with Gasteiger partial charge in [-0.25, -0.2) is 18.1 Å². The fourth-order valence-electron chi connectivity index (χ4n) is 1.20. The van der Waals surface area contributed by atoms with Crippen molar-refractivity contribution in [3.05, 3.63) is 16.1 Å². The standard InChI is InChI=1S/C8H11N5O2S3/c1-5-4-16-6(11-5)2-3-10-18(14,15)8-13-12-7(9)17-8/h4,10H,2-3H2,1H3,(H2,9,12). The molecule has 0 unspecified atom stereocenters. The maximum atomic E-state index is 11.8. The zero-order chi connectivity index (χ0) is 13.2. The summed E-state index contributed by atoms with van der Waals surface area (Å²) in [6.07, 6.45) is 0.548. The fourth-order valence-corrected chi connectivity index (χ4v) is 3.83. The molecular formula is C8H11N5O2S3. The third-order valence-corrected chi connectivity index (χ3v) is 5.56. The molecule has 0 amide bonds. The molecule has 98 valence electrons. The van der Waals surface area contributed by atoms with Gasteiger partial charge >= 0.3 is 0 Å². The lowest BCUT2D eigenvalue weighted by Gasteiger charge is -2.01. The molecule has 3 N–H and O–H groups in total. The quantitative estimate of drug-likeness (QED) is 0.827. The van der Waals surface area contributed by atoms with Crippen LogP contribution in [-0.2, 0) is 16.4 Å². The summed E-state index contributed by atoms with van der Waals surface area (Å²) in [4.78, 5) is 4.25. The summed E-state index contributed by atoms with van der Waals surface area (Å²) < 4.78 is 25.9. The van der Waals surface area contributed by atoms with Crippen molar-refractivity contribution in [1.82, 2.24) is 19.9 Å². The molecule has 0 fully saturated rings. The molecule has 10 heteroatoms. The molecule has 2 aromatic heterocycles. The van der Waals surface area contributed by atoms with Gasteiger partial charge in [0.25, 0.3) is 10.0 Å². The van der Waals surface area contributed by atoms with E-state index in [0.717, 1.165) is 22.0 Å². The van der Waals surface area contributed by atoms with Crippen LogP contribution in [0.5, 0.6) is 0 Å². The minimum absolute atomic E-state index is 0.115. The molecule has 18 heavy (non-hydrogen) atoms. The number of nitrogens with two attached hydrogens (primary N) is 1. The molecule has 0 aliphatic carbocycles. The van der Waals surface area contributed by atoms with E-state index >= 15 is 0 Å². The van der Waals surface area contributed by atoms with Gasteiger partial charge in [0.1, 0.15) is 0 Å². The minimum Gasteiger partial charge on any atom is -0.374 e. The van der Waals surface area contributed by atoms with Crippen molar-refractivity contribution < 1.29 is 8.42 Å². The summed E-state index contributed by atoms with van der Waals surface area (Å²) in [6.45, 7) is 2.17. The van der Waals surface area contributed by atoms with E-state index in [1.807, 2.05) is 12.3 Å². The Morgan fingerprint density at radius 1 is 1.44 bits per heavy atom. The van der Waals surface area contributed by atoms with Crippen molar-refractivity contribution in [3.8, 4) is 0 Å². The number of aromatic nitrogens is 3. The summed E-state index contributed by atoms with van der Waals surface area (Å²) in [5.74, 6) is 0. The number of sulfonamides is 1. The Morgan fingerprint density at radius 3 is 2.78 bits per heavy atom. The third kappa shape index (κ3) is 3.22. The highest BCUT2D eigenvalue weighted by molar-refractivity contribution is 7.91. The highest BCUT2D eigenvalue weighted by Crippen LogP contribution is 2.16. The van der Waals surface area contributed by atoms with Crippen LogP contribution in [0.3, 0.4) is 0 Å². The average Bonchev–Trinajstić information content (AvgIpc) is 2.88. The Kier molecular flexibility index (Phi) is 3.90. The van der Waals surface area contributed by atoms with E-state index in [-0.39, 0.29) is 16.0 Å². The Bertz CT molecular complexity index is 633. The summed E-state index contributed by atoms with van der Waals surface area (Å²) in [7, 11) is -3.61. The van der Waals surface area contributed by atoms with E-state index in [0.29, 0.717) is 6.42 Å². The zero-order valence-corrected chi connectivity index (χ0v) is 11.9. The maximum absolute atomic E-state index is 11.8. The number of nitrogen functional groups attached to an aromatic ring is 1.